The number of halogens is 1. The van der Waals surface area contributed by atoms with E-state index in [1.807, 2.05) is 0 Å². The fraction of sp³-hybridized carbons (Fsp3) is 0.417. The van der Waals surface area contributed by atoms with E-state index in [-0.39, 0.29) is 11.5 Å². The van der Waals surface area contributed by atoms with Crippen molar-refractivity contribution >= 4 is 27.4 Å². The molecule has 0 aliphatic carbocycles. The Kier molecular flexibility index (Phi) is 5.83. The lowest BCUT2D eigenvalue weighted by Gasteiger charge is -2.00. The summed E-state index contributed by atoms with van der Waals surface area (Å²) in [7, 11) is 0. The van der Waals surface area contributed by atoms with Gasteiger partial charge in [0.15, 0.2) is 5.78 Å². The van der Waals surface area contributed by atoms with E-state index in [1.54, 1.807) is 0 Å². The van der Waals surface area contributed by atoms with Crippen molar-refractivity contribution < 1.29 is 9.72 Å². The molecule has 0 atom stereocenters. The zero-order valence-electron chi connectivity index (χ0n) is 9.39. The Bertz CT molecular complexity index is 389. The molecule has 1 aromatic rings. The van der Waals surface area contributed by atoms with E-state index in [0.29, 0.717) is 12.0 Å². The maximum atomic E-state index is 11.7. The molecule has 17 heavy (non-hydrogen) atoms. The van der Waals surface area contributed by atoms with Crippen molar-refractivity contribution in [1.29, 1.82) is 0 Å². The Hall–Kier alpha value is -1.23. The molecule has 5 heteroatoms. The van der Waals surface area contributed by atoms with E-state index in [2.05, 4.69) is 15.9 Å². The number of carbonyl (C=O) groups is 1. The first-order chi connectivity index (χ1) is 8.15. The molecule has 0 saturated carbocycles. The maximum absolute atomic E-state index is 11.7. The van der Waals surface area contributed by atoms with Gasteiger partial charge in [-0.25, -0.2) is 0 Å². The van der Waals surface area contributed by atoms with Gasteiger partial charge in [0.25, 0.3) is 5.69 Å². The topological polar surface area (TPSA) is 60.2 Å². The molecule has 0 bridgehead atoms. The standard InChI is InChI=1S/C12H14BrNO3/c13-9-3-1-2-4-12(15)10-5-7-11(8-6-10)14(16)17/h5-8H,1-4,9H2. The summed E-state index contributed by atoms with van der Waals surface area (Å²) in [6.45, 7) is 0. The smallest absolute Gasteiger partial charge is 0.269 e. The number of unbranched alkanes of at least 4 members (excludes halogenated alkanes) is 2. The molecule has 0 heterocycles. The third-order valence-electron chi connectivity index (χ3n) is 2.44. The summed E-state index contributed by atoms with van der Waals surface area (Å²) in [5, 5.41) is 11.4. The minimum Gasteiger partial charge on any atom is -0.294 e. The van der Waals surface area contributed by atoms with Gasteiger partial charge in [0.05, 0.1) is 4.92 Å². The van der Waals surface area contributed by atoms with Crippen molar-refractivity contribution in [3.8, 4) is 0 Å². The fourth-order valence-electron chi connectivity index (χ4n) is 1.47. The van der Waals surface area contributed by atoms with Gasteiger partial charge < -0.3 is 0 Å². The van der Waals surface area contributed by atoms with Crippen LogP contribution in [0.5, 0.6) is 0 Å². The molecule has 0 unspecified atom stereocenters. The summed E-state index contributed by atoms with van der Waals surface area (Å²) in [4.78, 5) is 21.7. The normalized spacial score (nSPS) is 10.2. The zero-order chi connectivity index (χ0) is 12.7. The Balaban J connectivity index is 2.49. The van der Waals surface area contributed by atoms with Crippen LogP contribution in [-0.4, -0.2) is 16.0 Å². The molecule has 0 radical (unpaired) electrons. The summed E-state index contributed by atoms with van der Waals surface area (Å²) in [6.07, 6.45) is 3.45. The second kappa shape index (κ2) is 7.17. The first-order valence-electron chi connectivity index (χ1n) is 5.49. The molecule has 4 nitrogen and oxygen atoms in total. The molecule has 1 rings (SSSR count). The van der Waals surface area contributed by atoms with Crippen LogP contribution < -0.4 is 0 Å². The third-order valence-corrected chi connectivity index (χ3v) is 3.00. The number of carbonyl (C=O) groups excluding carboxylic acids is 1. The highest BCUT2D eigenvalue weighted by Gasteiger charge is 2.08. The zero-order valence-corrected chi connectivity index (χ0v) is 11.0. The van der Waals surface area contributed by atoms with Gasteiger partial charge in [-0.15, -0.1) is 0 Å². The Morgan fingerprint density at radius 1 is 1.18 bits per heavy atom. The van der Waals surface area contributed by atoms with Crippen molar-refractivity contribution in [3.05, 3.63) is 39.9 Å². The maximum Gasteiger partial charge on any atom is 0.269 e. The molecular weight excluding hydrogens is 286 g/mol. The first-order valence-corrected chi connectivity index (χ1v) is 6.61. The number of Topliss-reactive ketones (excluding diaryl/α,β-unsaturated/α-hetero) is 1. The number of rotatable bonds is 7. The van der Waals surface area contributed by atoms with Crippen LogP contribution in [0.25, 0.3) is 0 Å². The largest absolute Gasteiger partial charge is 0.294 e. The Labute approximate surface area is 108 Å². The highest BCUT2D eigenvalue weighted by Crippen LogP contribution is 2.14. The van der Waals surface area contributed by atoms with Gasteiger partial charge in [0.1, 0.15) is 0 Å². The van der Waals surface area contributed by atoms with E-state index in [1.165, 1.54) is 24.3 Å². The summed E-state index contributed by atoms with van der Waals surface area (Å²) >= 11 is 3.33. The highest BCUT2D eigenvalue weighted by atomic mass is 79.9. The van der Waals surface area contributed by atoms with Crippen LogP contribution in [0.2, 0.25) is 0 Å². The summed E-state index contributed by atoms with van der Waals surface area (Å²) in [5.74, 6) is 0.0504. The molecule has 1 aromatic carbocycles. The highest BCUT2D eigenvalue weighted by molar-refractivity contribution is 9.09. The molecule has 0 amide bonds. The molecule has 0 aliphatic rings. The van der Waals surface area contributed by atoms with Gasteiger partial charge in [-0.3, -0.25) is 14.9 Å². The summed E-state index contributed by atoms with van der Waals surface area (Å²) < 4.78 is 0. The van der Waals surface area contributed by atoms with Gasteiger partial charge in [0.2, 0.25) is 0 Å². The number of hydrogen-bond acceptors (Lipinski definition) is 3. The number of non-ortho nitro benzene ring substituents is 1. The number of nitro groups is 1. The SMILES string of the molecule is O=C(CCCCCBr)c1ccc([N+](=O)[O-])cc1. The van der Waals surface area contributed by atoms with E-state index >= 15 is 0 Å². The van der Waals surface area contributed by atoms with Crippen molar-refractivity contribution in [1.82, 2.24) is 0 Å². The van der Waals surface area contributed by atoms with Crippen LogP contribution >= 0.6 is 15.9 Å². The van der Waals surface area contributed by atoms with Gasteiger partial charge in [0, 0.05) is 29.4 Å². The van der Waals surface area contributed by atoms with Crippen LogP contribution in [0.3, 0.4) is 0 Å². The number of nitro benzene ring substituents is 1. The lowest BCUT2D eigenvalue weighted by Crippen LogP contribution is -1.99. The average molecular weight is 300 g/mol. The van der Waals surface area contributed by atoms with Crippen molar-refractivity contribution in [3.63, 3.8) is 0 Å². The van der Waals surface area contributed by atoms with Gasteiger partial charge in [-0.05, 0) is 25.0 Å². The summed E-state index contributed by atoms with van der Waals surface area (Å²) in [5.41, 5.74) is 0.565. The minimum absolute atomic E-state index is 0.0147. The molecule has 0 saturated heterocycles. The predicted molar refractivity (Wildman–Crippen MR) is 69.7 cm³/mol. The average Bonchev–Trinajstić information content (AvgIpc) is 2.34. The van der Waals surface area contributed by atoms with E-state index in [9.17, 15) is 14.9 Å². The van der Waals surface area contributed by atoms with Crippen molar-refractivity contribution in [2.45, 2.75) is 25.7 Å². The molecule has 0 spiro atoms. The minimum atomic E-state index is -0.468. The second-order valence-corrected chi connectivity index (χ2v) is 4.52. The van der Waals surface area contributed by atoms with E-state index in [4.69, 9.17) is 0 Å². The van der Waals surface area contributed by atoms with Crippen LogP contribution in [0.15, 0.2) is 24.3 Å². The predicted octanol–water partition coefficient (Wildman–Crippen LogP) is 3.73. The molecular formula is C12H14BrNO3. The lowest BCUT2D eigenvalue weighted by molar-refractivity contribution is -0.384. The Morgan fingerprint density at radius 2 is 1.82 bits per heavy atom. The van der Waals surface area contributed by atoms with Gasteiger partial charge in [-0.1, -0.05) is 22.4 Å². The Morgan fingerprint density at radius 3 is 2.35 bits per heavy atom. The molecule has 0 N–H and O–H groups in total. The van der Waals surface area contributed by atoms with Gasteiger partial charge in [-0.2, -0.15) is 0 Å². The van der Waals surface area contributed by atoms with Crippen LogP contribution in [0.4, 0.5) is 5.69 Å². The fourth-order valence-corrected chi connectivity index (χ4v) is 1.87. The third kappa shape index (κ3) is 4.65. The van der Waals surface area contributed by atoms with Gasteiger partial charge >= 0.3 is 0 Å². The number of ketones is 1. The van der Waals surface area contributed by atoms with Crippen LogP contribution in [0.1, 0.15) is 36.0 Å². The van der Waals surface area contributed by atoms with Crippen molar-refractivity contribution in [2.75, 3.05) is 5.33 Å². The number of nitrogens with zero attached hydrogens (tertiary/aromatic N) is 1. The molecule has 92 valence electrons. The second-order valence-electron chi connectivity index (χ2n) is 3.73. The van der Waals surface area contributed by atoms with Crippen LogP contribution in [0, 0.1) is 10.1 Å². The molecule has 0 fully saturated rings. The number of hydrogen-bond donors (Lipinski definition) is 0. The van der Waals surface area contributed by atoms with E-state index < -0.39 is 4.92 Å². The lowest BCUT2D eigenvalue weighted by atomic mass is 10.0. The summed E-state index contributed by atoms with van der Waals surface area (Å²) in [6, 6.07) is 5.77. The quantitative estimate of drug-likeness (QED) is 0.253. The molecule has 0 aromatic heterocycles. The van der Waals surface area contributed by atoms with E-state index in [0.717, 1.165) is 24.6 Å². The monoisotopic (exact) mass is 299 g/mol. The number of benzene rings is 1. The first kappa shape index (κ1) is 13.8. The number of alkyl halides is 1. The molecule has 0 aliphatic heterocycles. The van der Waals surface area contributed by atoms with Crippen LogP contribution in [-0.2, 0) is 0 Å². The van der Waals surface area contributed by atoms with Crippen molar-refractivity contribution in [2.24, 2.45) is 0 Å².